The van der Waals surface area contributed by atoms with Crippen LogP contribution in [0.5, 0.6) is 0 Å². The summed E-state index contributed by atoms with van der Waals surface area (Å²) < 4.78 is 13.8. The predicted octanol–water partition coefficient (Wildman–Crippen LogP) is 5.02. The van der Waals surface area contributed by atoms with E-state index in [4.69, 9.17) is 24.5 Å². The van der Waals surface area contributed by atoms with Crippen LogP contribution in [0.15, 0.2) is 6.07 Å². The molecule has 0 bridgehead atoms. The molecule has 0 radical (unpaired) electrons. The van der Waals surface area contributed by atoms with Gasteiger partial charge in [0, 0.05) is 31.5 Å². The van der Waals surface area contributed by atoms with Crippen LogP contribution in [0.1, 0.15) is 68.1 Å². The van der Waals surface area contributed by atoms with Crippen molar-refractivity contribution in [3.8, 4) is 10.6 Å². The number of hydrogen-bond donors (Lipinski definition) is 0. The van der Waals surface area contributed by atoms with Gasteiger partial charge in [0.05, 0.1) is 35.2 Å². The van der Waals surface area contributed by atoms with E-state index in [0.29, 0.717) is 19.1 Å². The summed E-state index contributed by atoms with van der Waals surface area (Å²) in [7, 11) is 0. The summed E-state index contributed by atoms with van der Waals surface area (Å²) in [4.78, 5) is 13.5. The topological polar surface area (TPSA) is 64.8 Å². The first-order valence-electron chi connectivity index (χ1n) is 11.8. The number of imidazole rings is 1. The Bertz CT molecular complexity index is 1120. The number of nitrogens with zero attached hydrogens (tertiary/aromatic N) is 5. The summed E-state index contributed by atoms with van der Waals surface area (Å²) in [5.41, 5.74) is 6.44. The Labute approximate surface area is 193 Å². The third kappa shape index (κ3) is 3.62. The normalized spacial score (nSPS) is 18.5. The first kappa shape index (κ1) is 21.8. The fourth-order valence-electron chi connectivity index (χ4n) is 5.13. The van der Waals surface area contributed by atoms with E-state index in [1.54, 1.807) is 11.3 Å². The molecule has 0 atom stereocenters. The Morgan fingerprint density at radius 1 is 1.03 bits per heavy atom. The van der Waals surface area contributed by atoms with Crippen LogP contribution in [-0.2, 0) is 9.47 Å². The van der Waals surface area contributed by atoms with Crippen LogP contribution in [0.25, 0.3) is 16.2 Å². The number of thiazole rings is 1. The molecule has 2 fully saturated rings. The van der Waals surface area contributed by atoms with E-state index in [0.717, 1.165) is 77.2 Å². The van der Waals surface area contributed by atoms with Gasteiger partial charge in [0.15, 0.2) is 16.6 Å². The van der Waals surface area contributed by atoms with Gasteiger partial charge in [0.25, 0.3) is 0 Å². The monoisotopic (exact) mass is 455 g/mol. The van der Waals surface area contributed by atoms with Crippen molar-refractivity contribution in [2.75, 3.05) is 31.2 Å². The van der Waals surface area contributed by atoms with Gasteiger partial charge >= 0.3 is 0 Å². The zero-order chi connectivity index (χ0) is 22.5. The van der Waals surface area contributed by atoms with Crippen molar-refractivity contribution in [1.82, 2.24) is 19.6 Å². The second-order valence-corrected chi connectivity index (χ2v) is 10.0. The van der Waals surface area contributed by atoms with Crippen LogP contribution in [0.2, 0.25) is 0 Å². The molecule has 3 aromatic rings. The number of rotatable bonds is 5. The average molecular weight is 456 g/mol. The molecule has 0 N–H and O–H groups in total. The second-order valence-electron chi connectivity index (χ2n) is 9.04. The Morgan fingerprint density at radius 2 is 1.72 bits per heavy atom. The lowest BCUT2D eigenvalue weighted by molar-refractivity contribution is -0.169. The van der Waals surface area contributed by atoms with Crippen LogP contribution in [0, 0.1) is 20.8 Å². The standard InChI is InChI=1S/C24H33N5O2S/c1-6-18(7-2)19-14-15(3)27-29-20(16(4)25-22(19)29)21-17(5)26-23(32-21)28-10-8-24(9-11-28)30-12-13-31-24/h14,18H,6-13H2,1-5H3. The maximum atomic E-state index is 5.89. The van der Waals surface area contributed by atoms with E-state index in [9.17, 15) is 0 Å². The minimum atomic E-state index is -0.364. The molecule has 0 aliphatic carbocycles. The number of piperidine rings is 1. The third-order valence-corrected chi connectivity index (χ3v) is 8.17. The average Bonchev–Trinajstić information content (AvgIpc) is 3.47. The smallest absolute Gasteiger partial charge is 0.186 e. The Kier molecular flexibility index (Phi) is 5.72. The van der Waals surface area contributed by atoms with Crippen LogP contribution >= 0.6 is 11.3 Å². The summed E-state index contributed by atoms with van der Waals surface area (Å²) in [5.74, 6) is 0.129. The molecule has 172 valence electrons. The van der Waals surface area contributed by atoms with E-state index in [1.807, 2.05) is 0 Å². The quantitative estimate of drug-likeness (QED) is 0.538. The highest BCUT2D eigenvalue weighted by atomic mass is 32.1. The molecule has 0 aromatic carbocycles. The fraction of sp³-hybridized carbons (Fsp3) is 0.625. The molecule has 0 saturated carbocycles. The van der Waals surface area contributed by atoms with Crippen molar-refractivity contribution < 1.29 is 9.47 Å². The number of fused-ring (bicyclic) bond motifs is 1. The maximum Gasteiger partial charge on any atom is 0.186 e. The highest BCUT2D eigenvalue weighted by Crippen LogP contribution is 2.40. The molecular formula is C24H33N5O2S. The van der Waals surface area contributed by atoms with Gasteiger partial charge in [-0.1, -0.05) is 25.2 Å². The van der Waals surface area contributed by atoms with Crippen LogP contribution < -0.4 is 4.90 Å². The maximum absolute atomic E-state index is 5.89. The summed E-state index contributed by atoms with van der Waals surface area (Å²) in [6.07, 6.45) is 3.97. The SMILES string of the molecule is CCC(CC)c1cc(C)nn2c(-c3sc(N4CCC5(CC4)OCCO5)nc3C)c(C)nc12. The number of hydrogen-bond acceptors (Lipinski definition) is 7. The molecule has 0 unspecified atom stereocenters. The van der Waals surface area contributed by atoms with Crippen LogP contribution in [-0.4, -0.2) is 51.7 Å². The largest absolute Gasteiger partial charge is 0.348 e. The fourth-order valence-corrected chi connectivity index (χ4v) is 6.33. The van der Waals surface area contributed by atoms with Gasteiger partial charge in [-0.05, 0) is 45.6 Å². The molecular weight excluding hydrogens is 422 g/mol. The van der Waals surface area contributed by atoms with Crippen molar-refractivity contribution in [3.63, 3.8) is 0 Å². The lowest BCUT2D eigenvalue weighted by atomic mass is 9.95. The molecule has 0 amide bonds. The van der Waals surface area contributed by atoms with Gasteiger partial charge in [-0.25, -0.2) is 14.5 Å². The molecule has 7 nitrogen and oxygen atoms in total. The molecule has 2 aliphatic heterocycles. The number of aryl methyl sites for hydroxylation is 3. The van der Waals surface area contributed by atoms with Gasteiger partial charge in [0.1, 0.15) is 5.69 Å². The third-order valence-electron chi connectivity index (χ3n) is 6.94. The minimum Gasteiger partial charge on any atom is -0.348 e. The molecule has 3 aromatic heterocycles. The first-order chi connectivity index (χ1) is 15.4. The van der Waals surface area contributed by atoms with Crippen molar-refractivity contribution in [2.45, 2.75) is 72.0 Å². The van der Waals surface area contributed by atoms with E-state index in [-0.39, 0.29) is 5.79 Å². The molecule has 8 heteroatoms. The minimum absolute atomic E-state index is 0.364. The number of anilines is 1. The van der Waals surface area contributed by atoms with E-state index in [1.165, 1.54) is 5.56 Å². The highest BCUT2D eigenvalue weighted by molar-refractivity contribution is 7.19. The molecule has 5 rings (SSSR count). The Balaban J connectivity index is 1.51. The molecule has 5 heterocycles. The summed E-state index contributed by atoms with van der Waals surface area (Å²) in [6.45, 7) is 14.0. The van der Waals surface area contributed by atoms with Crippen molar-refractivity contribution in [2.24, 2.45) is 0 Å². The van der Waals surface area contributed by atoms with Gasteiger partial charge in [-0.3, -0.25) is 0 Å². The van der Waals surface area contributed by atoms with Crippen LogP contribution in [0.4, 0.5) is 5.13 Å². The van der Waals surface area contributed by atoms with Gasteiger partial charge in [0.2, 0.25) is 0 Å². The predicted molar refractivity (Wildman–Crippen MR) is 128 cm³/mol. The Morgan fingerprint density at radius 3 is 2.38 bits per heavy atom. The van der Waals surface area contributed by atoms with Crippen molar-refractivity contribution in [3.05, 3.63) is 28.7 Å². The second kappa shape index (κ2) is 8.39. The molecule has 1 spiro atoms. The molecule has 32 heavy (non-hydrogen) atoms. The zero-order valence-corrected chi connectivity index (χ0v) is 20.6. The van der Waals surface area contributed by atoms with Gasteiger partial charge < -0.3 is 14.4 Å². The lowest BCUT2D eigenvalue weighted by Crippen LogP contribution is -2.45. The molecule has 2 aliphatic rings. The van der Waals surface area contributed by atoms with Gasteiger partial charge in [-0.15, -0.1) is 0 Å². The summed E-state index contributed by atoms with van der Waals surface area (Å²) in [6, 6.07) is 2.21. The number of aromatic nitrogens is 4. The van der Waals surface area contributed by atoms with E-state index < -0.39 is 0 Å². The molecule has 2 saturated heterocycles. The zero-order valence-electron chi connectivity index (χ0n) is 19.8. The summed E-state index contributed by atoms with van der Waals surface area (Å²) in [5, 5.41) is 5.94. The van der Waals surface area contributed by atoms with Gasteiger partial charge in [-0.2, -0.15) is 5.10 Å². The number of ether oxygens (including phenoxy) is 2. The highest BCUT2D eigenvalue weighted by Gasteiger charge is 2.40. The Hall–Kier alpha value is -2.03. The van der Waals surface area contributed by atoms with Crippen molar-refractivity contribution >= 4 is 22.1 Å². The van der Waals surface area contributed by atoms with Crippen molar-refractivity contribution in [1.29, 1.82) is 0 Å². The first-order valence-corrected chi connectivity index (χ1v) is 12.6. The lowest BCUT2D eigenvalue weighted by Gasteiger charge is -2.37. The summed E-state index contributed by atoms with van der Waals surface area (Å²) >= 11 is 1.75. The van der Waals surface area contributed by atoms with Crippen LogP contribution in [0.3, 0.4) is 0 Å². The van der Waals surface area contributed by atoms with E-state index in [2.05, 4.69) is 50.1 Å². The van der Waals surface area contributed by atoms with E-state index >= 15 is 0 Å².